The third-order valence-electron chi connectivity index (χ3n) is 8.31. The summed E-state index contributed by atoms with van der Waals surface area (Å²) in [7, 11) is 0. The van der Waals surface area contributed by atoms with E-state index in [0.29, 0.717) is 34.9 Å². The summed E-state index contributed by atoms with van der Waals surface area (Å²) >= 11 is 0. The lowest BCUT2D eigenvalue weighted by Gasteiger charge is -2.36. The number of benzene rings is 3. The fourth-order valence-electron chi connectivity index (χ4n) is 6.97. The molecule has 1 spiro atoms. The number of hydrogen-bond acceptors (Lipinski definition) is 7. The lowest BCUT2D eigenvalue weighted by atomic mass is 9.68. The molecule has 1 amide bonds. The number of hydrogen-bond donors (Lipinski definition) is 1. The number of Topliss-reactive ketones (excluding diaryl/α,β-unsaturated/α-hetero) is 1. The summed E-state index contributed by atoms with van der Waals surface area (Å²) in [5.74, 6) is -0.594. The first-order chi connectivity index (χ1) is 18.0. The molecule has 4 aliphatic rings. The van der Waals surface area contributed by atoms with Crippen LogP contribution >= 0.6 is 0 Å². The molecule has 4 heterocycles. The van der Waals surface area contributed by atoms with Crippen molar-refractivity contribution in [3.05, 3.63) is 93.5 Å². The predicted molar refractivity (Wildman–Crippen MR) is 133 cm³/mol. The van der Waals surface area contributed by atoms with Crippen molar-refractivity contribution < 1.29 is 24.0 Å². The second-order valence-electron chi connectivity index (χ2n) is 9.96. The Morgan fingerprint density at radius 2 is 1.89 bits per heavy atom. The van der Waals surface area contributed by atoms with Gasteiger partial charge < -0.3 is 14.8 Å². The van der Waals surface area contributed by atoms with Crippen molar-refractivity contribution in [2.24, 2.45) is 5.92 Å². The van der Waals surface area contributed by atoms with Crippen LogP contribution in [0.3, 0.4) is 0 Å². The Hall–Kier alpha value is -4.24. The van der Waals surface area contributed by atoms with Gasteiger partial charge in [0.1, 0.15) is 5.54 Å². The summed E-state index contributed by atoms with van der Waals surface area (Å²) in [5.41, 5.74) is 1.33. The zero-order chi connectivity index (χ0) is 25.3. The number of fused-ring (bicyclic) bond motifs is 5. The fraction of sp³-hybridized carbons (Fsp3) is 0.286. The Bertz CT molecular complexity index is 1490. The molecule has 9 nitrogen and oxygen atoms in total. The van der Waals surface area contributed by atoms with Gasteiger partial charge >= 0.3 is 0 Å². The largest absolute Gasteiger partial charge is 0.454 e. The van der Waals surface area contributed by atoms with Gasteiger partial charge in [0.2, 0.25) is 12.7 Å². The average molecular weight is 498 g/mol. The number of nitro groups is 1. The molecule has 4 atom stereocenters. The lowest BCUT2D eigenvalue weighted by Crippen LogP contribution is -2.52. The van der Waals surface area contributed by atoms with Crippen molar-refractivity contribution in [1.29, 1.82) is 0 Å². The summed E-state index contributed by atoms with van der Waals surface area (Å²) < 4.78 is 11.0. The summed E-state index contributed by atoms with van der Waals surface area (Å²) in [4.78, 5) is 42.0. The summed E-state index contributed by atoms with van der Waals surface area (Å²) in [6.45, 7) is 0.741. The van der Waals surface area contributed by atoms with Gasteiger partial charge in [-0.05, 0) is 49.2 Å². The molecule has 0 aliphatic carbocycles. The van der Waals surface area contributed by atoms with Crippen molar-refractivity contribution in [2.45, 2.75) is 30.3 Å². The number of rotatable bonds is 4. The van der Waals surface area contributed by atoms with Gasteiger partial charge in [-0.25, -0.2) is 0 Å². The monoisotopic (exact) mass is 497 g/mol. The molecule has 2 fully saturated rings. The van der Waals surface area contributed by atoms with Crippen LogP contribution in [0.5, 0.6) is 11.5 Å². The van der Waals surface area contributed by atoms with Gasteiger partial charge in [0.15, 0.2) is 17.3 Å². The first-order valence-corrected chi connectivity index (χ1v) is 12.4. The molecule has 7 rings (SSSR count). The Morgan fingerprint density at radius 1 is 1.05 bits per heavy atom. The second kappa shape index (κ2) is 7.88. The maximum absolute atomic E-state index is 14.6. The van der Waals surface area contributed by atoms with Gasteiger partial charge in [-0.1, -0.05) is 30.3 Å². The summed E-state index contributed by atoms with van der Waals surface area (Å²) in [5, 5.41) is 14.7. The van der Waals surface area contributed by atoms with Crippen molar-refractivity contribution in [2.75, 3.05) is 18.7 Å². The Labute approximate surface area is 212 Å². The van der Waals surface area contributed by atoms with Crippen molar-refractivity contribution in [3.8, 4) is 11.5 Å². The van der Waals surface area contributed by atoms with Crippen molar-refractivity contribution in [1.82, 2.24) is 4.90 Å². The molecule has 4 aliphatic heterocycles. The van der Waals surface area contributed by atoms with Crippen LogP contribution in [0.4, 0.5) is 11.4 Å². The SMILES string of the molecule is O=C(c1ccc2c(c1)OCO2)[C@@H]1[C@@H](c2cccc([N+](=O)[O-])c2)[C@@H]2CCCN2[C@@]12C(=O)Nc1ccccc12. The fourth-order valence-corrected chi connectivity index (χ4v) is 6.97. The third-order valence-corrected chi connectivity index (χ3v) is 8.31. The van der Waals surface area contributed by atoms with Crippen molar-refractivity contribution >= 4 is 23.1 Å². The number of ether oxygens (including phenoxy) is 2. The van der Waals surface area contributed by atoms with E-state index in [1.807, 2.05) is 30.3 Å². The van der Waals surface area contributed by atoms with Crippen LogP contribution in [0.2, 0.25) is 0 Å². The number of non-ortho nitro benzene ring substituents is 1. The highest BCUT2D eigenvalue weighted by molar-refractivity contribution is 6.12. The molecular weight excluding hydrogens is 474 g/mol. The Balaban J connectivity index is 1.46. The third kappa shape index (κ3) is 2.94. The van der Waals surface area contributed by atoms with Crippen LogP contribution in [0, 0.1) is 16.0 Å². The normalized spacial score (nSPS) is 27.2. The van der Waals surface area contributed by atoms with Gasteiger partial charge in [0.05, 0.1) is 10.8 Å². The van der Waals surface area contributed by atoms with Crippen LogP contribution in [0.1, 0.15) is 40.2 Å². The maximum atomic E-state index is 14.6. The van der Waals surface area contributed by atoms with E-state index in [0.717, 1.165) is 18.4 Å². The van der Waals surface area contributed by atoms with Crippen LogP contribution in [-0.2, 0) is 10.3 Å². The average Bonchev–Trinajstić information content (AvgIpc) is 3.67. The van der Waals surface area contributed by atoms with E-state index >= 15 is 0 Å². The molecule has 3 aromatic carbocycles. The molecule has 3 aromatic rings. The topological polar surface area (TPSA) is 111 Å². The highest BCUT2D eigenvalue weighted by Gasteiger charge is 2.69. The number of carbonyl (C=O) groups excluding carboxylic acids is 2. The number of amides is 1. The first kappa shape index (κ1) is 22.0. The van der Waals surface area contributed by atoms with E-state index in [1.54, 1.807) is 30.3 Å². The summed E-state index contributed by atoms with van der Waals surface area (Å²) in [6, 6.07) is 19.0. The molecule has 1 N–H and O–H groups in total. The highest BCUT2D eigenvalue weighted by atomic mass is 16.7. The quantitative estimate of drug-likeness (QED) is 0.326. The van der Waals surface area contributed by atoms with E-state index in [9.17, 15) is 19.7 Å². The number of nitro benzene ring substituents is 1. The van der Waals surface area contributed by atoms with E-state index in [1.165, 1.54) is 6.07 Å². The van der Waals surface area contributed by atoms with Crippen LogP contribution in [-0.4, -0.2) is 40.9 Å². The molecule has 2 saturated heterocycles. The van der Waals surface area contributed by atoms with Gasteiger partial charge in [0, 0.05) is 40.9 Å². The predicted octanol–water partition coefficient (Wildman–Crippen LogP) is 4.23. The number of para-hydroxylation sites is 1. The minimum atomic E-state index is -1.22. The molecule has 0 bridgehead atoms. The van der Waals surface area contributed by atoms with Crippen LogP contribution < -0.4 is 14.8 Å². The highest BCUT2D eigenvalue weighted by Crippen LogP contribution is 2.61. The second-order valence-corrected chi connectivity index (χ2v) is 9.96. The zero-order valence-corrected chi connectivity index (χ0v) is 19.8. The van der Waals surface area contributed by atoms with E-state index in [4.69, 9.17) is 9.47 Å². The standard InChI is InChI=1S/C28H23N3O6/c32-26(17-10-11-22-23(14-17)37-15-36-22)25-24(16-5-3-6-18(13-16)31(34)35)21-9-4-12-30(21)28(25)19-7-1-2-8-20(19)29-27(28)33/h1-3,5-8,10-11,13-14,21,24-25H,4,9,12,15H2,(H,29,33)/t21-,24-,25-,28+/m0/s1. The van der Waals surface area contributed by atoms with Crippen LogP contribution in [0.15, 0.2) is 66.7 Å². The molecule has 0 aromatic heterocycles. The molecule has 0 radical (unpaired) electrons. The van der Waals surface area contributed by atoms with E-state index in [2.05, 4.69) is 10.2 Å². The molecule has 37 heavy (non-hydrogen) atoms. The number of anilines is 1. The lowest BCUT2D eigenvalue weighted by molar-refractivity contribution is -0.384. The van der Waals surface area contributed by atoms with E-state index < -0.39 is 22.3 Å². The number of nitrogens with zero attached hydrogens (tertiary/aromatic N) is 2. The molecule has 186 valence electrons. The zero-order valence-electron chi connectivity index (χ0n) is 19.8. The minimum Gasteiger partial charge on any atom is -0.454 e. The van der Waals surface area contributed by atoms with Gasteiger partial charge in [-0.2, -0.15) is 0 Å². The molecule has 0 unspecified atom stereocenters. The van der Waals surface area contributed by atoms with Gasteiger partial charge in [-0.3, -0.25) is 24.6 Å². The molecule has 0 saturated carbocycles. The first-order valence-electron chi connectivity index (χ1n) is 12.4. The maximum Gasteiger partial charge on any atom is 0.269 e. The molecule has 9 heteroatoms. The molecular formula is C28H23N3O6. The van der Waals surface area contributed by atoms with Gasteiger partial charge in [0.25, 0.3) is 5.69 Å². The van der Waals surface area contributed by atoms with Gasteiger partial charge in [-0.15, -0.1) is 0 Å². The minimum absolute atomic E-state index is 0.0338. The number of ketones is 1. The Morgan fingerprint density at radius 3 is 2.76 bits per heavy atom. The van der Waals surface area contributed by atoms with Crippen LogP contribution in [0.25, 0.3) is 0 Å². The van der Waals surface area contributed by atoms with E-state index in [-0.39, 0.29) is 30.2 Å². The Kier molecular flexibility index (Phi) is 4.68. The number of nitrogens with one attached hydrogen (secondary N) is 1. The van der Waals surface area contributed by atoms with Crippen molar-refractivity contribution in [3.63, 3.8) is 0 Å². The smallest absolute Gasteiger partial charge is 0.269 e. The number of carbonyl (C=O) groups is 2. The summed E-state index contributed by atoms with van der Waals surface area (Å²) in [6.07, 6.45) is 1.66.